The molecule has 0 aliphatic carbocycles. The first kappa shape index (κ1) is 21.3. The molecule has 0 bridgehead atoms. The number of thioether (sulfide) groups is 1. The second-order valence-electron chi connectivity index (χ2n) is 8.94. The van der Waals surface area contributed by atoms with E-state index in [9.17, 15) is 19.5 Å². The minimum Gasteiger partial charge on any atom is -0.477 e. The Kier molecular flexibility index (Phi) is 5.21. The number of tetrazole rings is 1. The maximum absolute atomic E-state index is 13.0. The van der Waals surface area contributed by atoms with E-state index in [1.165, 1.54) is 27.7 Å². The van der Waals surface area contributed by atoms with Gasteiger partial charge in [0.15, 0.2) is 0 Å². The molecule has 1 aromatic rings. The zero-order valence-corrected chi connectivity index (χ0v) is 18.5. The van der Waals surface area contributed by atoms with Gasteiger partial charge in [-0.3, -0.25) is 9.59 Å². The first-order valence-corrected chi connectivity index (χ1v) is 11.5. The number of carboxylic acid groups (broad SMARTS) is 1. The van der Waals surface area contributed by atoms with Crippen LogP contribution < -0.4 is 10.6 Å². The van der Waals surface area contributed by atoms with Crippen LogP contribution in [0, 0.1) is 11.8 Å². The van der Waals surface area contributed by atoms with Gasteiger partial charge in [-0.25, -0.2) is 9.48 Å². The Morgan fingerprint density at radius 2 is 2.25 bits per heavy atom. The predicted molar refractivity (Wildman–Crippen MR) is 111 cm³/mol. The molecule has 1 spiro atoms. The number of carbonyl (C=O) groups is 3. The van der Waals surface area contributed by atoms with Gasteiger partial charge in [-0.05, 0) is 23.8 Å². The molecule has 2 amide bonds. The van der Waals surface area contributed by atoms with Crippen LogP contribution in [0.5, 0.6) is 0 Å². The number of hydrogen-bond acceptors (Lipinski definition) is 9. The van der Waals surface area contributed by atoms with E-state index in [0.717, 1.165) is 24.4 Å². The molecule has 5 atom stereocenters. The van der Waals surface area contributed by atoms with Gasteiger partial charge in [-0.1, -0.05) is 6.92 Å². The Balaban J connectivity index is 1.28. The highest BCUT2D eigenvalue weighted by Crippen LogP contribution is 2.52. The Morgan fingerprint density at radius 1 is 1.47 bits per heavy atom. The summed E-state index contributed by atoms with van der Waals surface area (Å²) in [6, 6.07) is -0.741. The molecule has 0 aromatic carbocycles. The van der Waals surface area contributed by atoms with Crippen molar-refractivity contribution < 1.29 is 24.2 Å². The van der Waals surface area contributed by atoms with Crippen LogP contribution in [0.1, 0.15) is 20.3 Å². The molecule has 13 heteroatoms. The number of aliphatic carboxylic acids is 1. The van der Waals surface area contributed by atoms with Crippen molar-refractivity contribution in [3.8, 4) is 0 Å². The number of carboxylic acids is 1. The third kappa shape index (κ3) is 3.39. The summed E-state index contributed by atoms with van der Waals surface area (Å²) < 4.78 is 7.26. The van der Waals surface area contributed by atoms with Crippen LogP contribution in [0.4, 0.5) is 0 Å². The molecular formula is C19H25N7O5S. The second kappa shape index (κ2) is 7.81. The zero-order chi connectivity index (χ0) is 22.6. The molecule has 1 unspecified atom stereocenters. The van der Waals surface area contributed by atoms with Crippen molar-refractivity contribution in [3.05, 3.63) is 16.9 Å². The molecule has 4 aliphatic rings. The summed E-state index contributed by atoms with van der Waals surface area (Å²) >= 11 is 1.53. The summed E-state index contributed by atoms with van der Waals surface area (Å²) in [5, 5.41) is 26.8. The molecule has 5 heterocycles. The maximum atomic E-state index is 13.0. The number of nitrogens with zero attached hydrogens (tertiary/aromatic N) is 5. The third-order valence-corrected chi connectivity index (χ3v) is 8.23. The van der Waals surface area contributed by atoms with Gasteiger partial charge in [-0.2, -0.15) is 0 Å². The SMILES string of the molecule is C[C@@H](NC(=O)Cn1cnnn1)[C@H]1C(=O)N2C(C(=O)O)=C(SC3COC4(CNC4)C3)[C@H](C)[C@H]12. The summed E-state index contributed by atoms with van der Waals surface area (Å²) in [6.07, 6.45) is 2.20. The van der Waals surface area contributed by atoms with E-state index in [1.807, 2.05) is 6.92 Å². The van der Waals surface area contributed by atoms with Crippen LogP contribution >= 0.6 is 11.8 Å². The molecule has 172 valence electrons. The van der Waals surface area contributed by atoms with Crippen molar-refractivity contribution in [2.75, 3.05) is 19.7 Å². The standard InChI is InChI=1S/C19H25N7O5S/c1-9-14-13(10(2)22-12(27)4-25-8-21-23-24-25)17(28)26(14)15(18(29)30)16(9)32-11-3-19(31-5-11)6-20-7-19/h8-11,13-14,20H,3-7H2,1-2H3,(H,22,27)(H,29,30)/t9-,10-,11?,13-,14-/m1/s1. The Labute approximate surface area is 188 Å². The van der Waals surface area contributed by atoms with Crippen molar-refractivity contribution in [3.63, 3.8) is 0 Å². The first-order chi connectivity index (χ1) is 15.3. The van der Waals surface area contributed by atoms with E-state index in [-0.39, 0.29) is 46.9 Å². The van der Waals surface area contributed by atoms with Gasteiger partial charge in [0.2, 0.25) is 11.8 Å². The molecular weight excluding hydrogens is 438 g/mol. The van der Waals surface area contributed by atoms with Gasteiger partial charge in [0, 0.05) is 35.2 Å². The van der Waals surface area contributed by atoms with Crippen molar-refractivity contribution >= 4 is 29.5 Å². The molecule has 3 saturated heterocycles. The average Bonchev–Trinajstić information content (AvgIpc) is 3.41. The molecule has 0 radical (unpaired) electrons. The smallest absolute Gasteiger partial charge is 0.353 e. The molecule has 0 saturated carbocycles. The van der Waals surface area contributed by atoms with Crippen LogP contribution in [0.15, 0.2) is 16.9 Å². The molecule has 5 rings (SSSR count). The predicted octanol–water partition coefficient (Wildman–Crippen LogP) is -1.19. The van der Waals surface area contributed by atoms with Crippen molar-refractivity contribution in [1.29, 1.82) is 0 Å². The third-order valence-electron chi connectivity index (χ3n) is 6.78. The molecule has 3 N–H and O–H groups in total. The van der Waals surface area contributed by atoms with Crippen LogP contribution in [-0.2, 0) is 25.7 Å². The summed E-state index contributed by atoms with van der Waals surface area (Å²) in [5.74, 6) is -2.30. The van der Waals surface area contributed by atoms with E-state index < -0.39 is 17.9 Å². The zero-order valence-electron chi connectivity index (χ0n) is 17.7. The van der Waals surface area contributed by atoms with E-state index in [0.29, 0.717) is 6.61 Å². The van der Waals surface area contributed by atoms with E-state index in [2.05, 4.69) is 26.2 Å². The Hall–Kier alpha value is -2.51. The molecule has 12 nitrogen and oxygen atoms in total. The number of hydrogen-bond donors (Lipinski definition) is 3. The van der Waals surface area contributed by atoms with Gasteiger partial charge < -0.3 is 25.4 Å². The van der Waals surface area contributed by atoms with Gasteiger partial charge in [0.05, 0.1) is 24.2 Å². The minimum atomic E-state index is -1.09. The van der Waals surface area contributed by atoms with Gasteiger partial charge in [0.25, 0.3) is 0 Å². The summed E-state index contributed by atoms with van der Waals surface area (Å²) in [6.45, 7) is 5.89. The monoisotopic (exact) mass is 463 g/mol. The summed E-state index contributed by atoms with van der Waals surface area (Å²) in [4.78, 5) is 39.5. The molecule has 3 fully saturated rings. The van der Waals surface area contributed by atoms with Gasteiger partial charge >= 0.3 is 5.97 Å². The maximum Gasteiger partial charge on any atom is 0.353 e. The van der Waals surface area contributed by atoms with Crippen LogP contribution in [0.3, 0.4) is 0 Å². The van der Waals surface area contributed by atoms with Crippen molar-refractivity contribution in [2.45, 2.75) is 49.7 Å². The highest BCUT2D eigenvalue weighted by atomic mass is 32.2. The average molecular weight is 464 g/mol. The van der Waals surface area contributed by atoms with Crippen LogP contribution in [0.25, 0.3) is 0 Å². The summed E-state index contributed by atoms with van der Waals surface area (Å²) in [5.41, 5.74) is -0.0481. The lowest BCUT2D eigenvalue weighted by Gasteiger charge is -2.47. The molecule has 4 aliphatic heterocycles. The fraction of sp³-hybridized carbons (Fsp3) is 0.684. The lowest BCUT2D eigenvalue weighted by atomic mass is 9.78. The lowest BCUT2D eigenvalue weighted by molar-refractivity contribution is -0.158. The number of nitrogens with one attached hydrogen (secondary N) is 2. The Bertz CT molecular complexity index is 979. The highest BCUT2D eigenvalue weighted by molar-refractivity contribution is 8.03. The first-order valence-electron chi connectivity index (χ1n) is 10.6. The molecule has 32 heavy (non-hydrogen) atoms. The van der Waals surface area contributed by atoms with E-state index in [4.69, 9.17) is 4.74 Å². The normalized spacial score (nSPS) is 31.3. The number of fused-ring (bicyclic) bond motifs is 1. The fourth-order valence-corrected chi connectivity index (χ4v) is 6.73. The number of aromatic nitrogens is 4. The van der Waals surface area contributed by atoms with Crippen molar-refractivity contribution in [2.24, 2.45) is 11.8 Å². The fourth-order valence-electron chi connectivity index (χ4n) is 5.19. The quantitative estimate of drug-likeness (QED) is 0.421. The largest absolute Gasteiger partial charge is 0.477 e. The van der Waals surface area contributed by atoms with Gasteiger partial charge in [-0.15, -0.1) is 16.9 Å². The minimum absolute atomic E-state index is 0.0554. The van der Waals surface area contributed by atoms with E-state index >= 15 is 0 Å². The second-order valence-corrected chi connectivity index (χ2v) is 10.3. The van der Waals surface area contributed by atoms with E-state index in [1.54, 1.807) is 6.92 Å². The van der Waals surface area contributed by atoms with Gasteiger partial charge in [0.1, 0.15) is 18.6 Å². The number of carbonyl (C=O) groups excluding carboxylic acids is 2. The number of β-lactam (4-membered cyclic amide) rings is 1. The summed E-state index contributed by atoms with van der Waals surface area (Å²) in [7, 11) is 0. The van der Waals surface area contributed by atoms with Crippen LogP contribution in [0.2, 0.25) is 0 Å². The number of amides is 2. The Morgan fingerprint density at radius 3 is 2.84 bits per heavy atom. The topological polar surface area (TPSA) is 152 Å². The van der Waals surface area contributed by atoms with Crippen molar-refractivity contribution in [1.82, 2.24) is 35.7 Å². The van der Waals surface area contributed by atoms with Crippen LogP contribution in [-0.4, -0.2) is 90.6 Å². The lowest BCUT2D eigenvalue weighted by Crippen LogP contribution is -2.66. The molecule has 1 aromatic heterocycles. The highest BCUT2D eigenvalue weighted by Gasteiger charge is 2.60. The number of rotatable bonds is 7. The number of ether oxygens (including phenoxy) is 1.